The third kappa shape index (κ3) is 4.88. The van der Waals surface area contributed by atoms with E-state index in [0.717, 1.165) is 71.8 Å². The molecule has 1 amide bonds. The molecular formula is C23H25F2N3O2S2. The maximum Gasteiger partial charge on any atom is 0.263 e. The maximum absolute atomic E-state index is 13.8. The summed E-state index contributed by atoms with van der Waals surface area (Å²) in [6.07, 6.45) is 4.93. The molecule has 4 rings (SSSR count). The molecule has 0 atom stereocenters. The van der Waals surface area contributed by atoms with Crippen LogP contribution in [0.4, 0.5) is 14.5 Å². The number of amides is 1. The standard InChI is InChI=1S/C23H25F2N3O2S2/c1-13(2)9-10-28-22(30)20-15-5-3-4-6-18(15)32-21(20)27-23(28)31-12-19(29)26-17-8-7-14(24)11-16(17)25/h7-8,11,13H,3-6,9-10,12H2,1-2H3,(H,26,29). The number of hydrogen-bond acceptors (Lipinski definition) is 5. The van der Waals surface area contributed by atoms with Crippen molar-refractivity contribution in [2.75, 3.05) is 11.1 Å². The van der Waals surface area contributed by atoms with E-state index in [-0.39, 0.29) is 17.0 Å². The Hall–Kier alpha value is -2.26. The second-order valence-corrected chi connectivity index (χ2v) is 10.4. The molecule has 0 radical (unpaired) electrons. The Balaban J connectivity index is 1.60. The molecule has 1 aliphatic rings. The van der Waals surface area contributed by atoms with E-state index < -0.39 is 17.5 Å². The zero-order chi connectivity index (χ0) is 22.8. The van der Waals surface area contributed by atoms with Crippen LogP contribution in [0.25, 0.3) is 10.2 Å². The smallest absolute Gasteiger partial charge is 0.263 e. The summed E-state index contributed by atoms with van der Waals surface area (Å²) in [6, 6.07) is 3.00. The van der Waals surface area contributed by atoms with E-state index in [1.54, 1.807) is 15.9 Å². The lowest BCUT2D eigenvalue weighted by Crippen LogP contribution is -2.25. The highest BCUT2D eigenvalue weighted by atomic mass is 32.2. The zero-order valence-electron chi connectivity index (χ0n) is 18.0. The summed E-state index contributed by atoms with van der Waals surface area (Å²) in [5, 5.41) is 3.68. The van der Waals surface area contributed by atoms with Gasteiger partial charge in [0.15, 0.2) is 5.16 Å². The van der Waals surface area contributed by atoms with Gasteiger partial charge >= 0.3 is 0 Å². The van der Waals surface area contributed by atoms with Crippen molar-refractivity contribution in [1.29, 1.82) is 0 Å². The molecule has 0 saturated carbocycles. The minimum absolute atomic E-state index is 0.0393. The number of aryl methyl sites for hydroxylation is 2. The molecule has 0 bridgehead atoms. The molecule has 0 aliphatic heterocycles. The number of hydrogen-bond donors (Lipinski definition) is 1. The summed E-state index contributed by atoms with van der Waals surface area (Å²) in [5.74, 6) is -1.62. The number of anilines is 1. The molecule has 2 heterocycles. The first kappa shape index (κ1) is 22.9. The number of fused-ring (bicyclic) bond motifs is 3. The van der Waals surface area contributed by atoms with Crippen LogP contribution >= 0.6 is 23.1 Å². The molecule has 0 unspecified atom stereocenters. The van der Waals surface area contributed by atoms with Gasteiger partial charge < -0.3 is 5.32 Å². The zero-order valence-corrected chi connectivity index (χ0v) is 19.7. The Morgan fingerprint density at radius 1 is 1.28 bits per heavy atom. The normalized spacial score (nSPS) is 13.5. The van der Waals surface area contributed by atoms with Crippen molar-refractivity contribution in [2.45, 2.75) is 57.7 Å². The van der Waals surface area contributed by atoms with Crippen LogP contribution in [0.3, 0.4) is 0 Å². The average Bonchev–Trinajstić information content (AvgIpc) is 3.12. The predicted octanol–water partition coefficient (Wildman–Crippen LogP) is 5.39. The lowest BCUT2D eigenvalue weighted by atomic mass is 9.97. The number of thiophene rings is 1. The van der Waals surface area contributed by atoms with E-state index in [9.17, 15) is 18.4 Å². The van der Waals surface area contributed by atoms with Crippen LogP contribution in [0, 0.1) is 17.6 Å². The van der Waals surface area contributed by atoms with Gasteiger partial charge in [0.2, 0.25) is 5.91 Å². The van der Waals surface area contributed by atoms with Gasteiger partial charge in [-0.1, -0.05) is 25.6 Å². The fraction of sp³-hybridized carbons (Fsp3) is 0.435. The first-order chi connectivity index (χ1) is 15.3. The fourth-order valence-electron chi connectivity index (χ4n) is 3.82. The van der Waals surface area contributed by atoms with Crippen molar-refractivity contribution in [3.8, 4) is 0 Å². The molecule has 1 aromatic carbocycles. The van der Waals surface area contributed by atoms with Gasteiger partial charge in [-0.05, 0) is 55.7 Å². The third-order valence-corrected chi connectivity index (χ3v) is 7.67. The van der Waals surface area contributed by atoms with Crippen LogP contribution in [0.5, 0.6) is 0 Å². The summed E-state index contributed by atoms with van der Waals surface area (Å²) in [6.45, 7) is 4.72. The van der Waals surface area contributed by atoms with Gasteiger partial charge in [-0.2, -0.15) is 0 Å². The van der Waals surface area contributed by atoms with Crippen LogP contribution in [0.1, 0.15) is 43.6 Å². The summed E-state index contributed by atoms with van der Waals surface area (Å²) in [5.41, 5.74) is 1.03. The number of carbonyl (C=O) groups excluding carboxylic acids is 1. The van der Waals surface area contributed by atoms with Gasteiger partial charge in [0.1, 0.15) is 16.5 Å². The summed E-state index contributed by atoms with van der Waals surface area (Å²) in [7, 11) is 0. The average molecular weight is 478 g/mol. The summed E-state index contributed by atoms with van der Waals surface area (Å²) < 4.78 is 28.6. The van der Waals surface area contributed by atoms with Gasteiger partial charge in [0.05, 0.1) is 16.8 Å². The Morgan fingerprint density at radius 2 is 2.06 bits per heavy atom. The number of thioether (sulfide) groups is 1. The van der Waals surface area contributed by atoms with Crippen molar-refractivity contribution in [2.24, 2.45) is 5.92 Å². The van der Waals surface area contributed by atoms with Gasteiger partial charge in [0.25, 0.3) is 5.56 Å². The van der Waals surface area contributed by atoms with Crippen LogP contribution in [0.2, 0.25) is 0 Å². The summed E-state index contributed by atoms with van der Waals surface area (Å²) >= 11 is 2.74. The number of aromatic nitrogens is 2. The quantitative estimate of drug-likeness (QED) is 0.366. The monoisotopic (exact) mass is 477 g/mol. The Morgan fingerprint density at radius 3 is 2.81 bits per heavy atom. The molecule has 32 heavy (non-hydrogen) atoms. The predicted molar refractivity (Wildman–Crippen MR) is 126 cm³/mol. The van der Waals surface area contributed by atoms with Crippen molar-refractivity contribution in [3.63, 3.8) is 0 Å². The first-order valence-electron chi connectivity index (χ1n) is 10.8. The molecule has 5 nitrogen and oxygen atoms in total. The topological polar surface area (TPSA) is 64.0 Å². The number of halogens is 2. The van der Waals surface area contributed by atoms with Gasteiger partial charge in [-0.3, -0.25) is 14.2 Å². The second kappa shape index (κ2) is 9.70. The SMILES string of the molecule is CC(C)CCn1c(SCC(=O)Nc2ccc(F)cc2F)nc2sc3c(c2c1=O)CCCC3. The maximum atomic E-state index is 13.8. The molecule has 1 N–H and O–H groups in total. The molecule has 0 saturated heterocycles. The molecule has 0 spiro atoms. The van der Waals surface area contributed by atoms with E-state index in [4.69, 9.17) is 4.98 Å². The van der Waals surface area contributed by atoms with E-state index in [1.807, 2.05) is 0 Å². The van der Waals surface area contributed by atoms with E-state index >= 15 is 0 Å². The largest absolute Gasteiger partial charge is 0.323 e. The number of benzene rings is 1. The molecular weight excluding hydrogens is 452 g/mol. The fourth-order valence-corrected chi connectivity index (χ4v) is 5.95. The molecule has 170 valence electrons. The highest BCUT2D eigenvalue weighted by Crippen LogP contribution is 2.34. The van der Waals surface area contributed by atoms with E-state index in [1.165, 1.54) is 10.9 Å². The minimum Gasteiger partial charge on any atom is -0.323 e. The first-order valence-corrected chi connectivity index (χ1v) is 12.6. The Bertz CT molecular complexity index is 1220. The third-order valence-electron chi connectivity index (χ3n) is 5.51. The van der Waals surface area contributed by atoms with E-state index in [0.29, 0.717) is 17.6 Å². The van der Waals surface area contributed by atoms with Crippen molar-refractivity contribution >= 4 is 44.9 Å². The van der Waals surface area contributed by atoms with Crippen molar-refractivity contribution in [3.05, 3.63) is 50.6 Å². The Labute approximate surface area is 193 Å². The van der Waals surface area contributed by atoms with Gasteiger partial charge in [-0.25, -0.2) is 13.8 Å². The Kier molecular flexibility index (Phi) is 6.95. The van der Waals surface area contributed by atoms with Gasteiger partial charge in [-0.15, -0.1) is 11.3 Å². The summed E-state index contributed by atoms with van der Waals surface area (Å²) in [4.78, 5) is 32.6. The van der Waals surface area contributed by atoms with E-state index in [2.05, 4.69) is 19.2 Å². The lowest BCUT2D eigenvalue weighted by molar-refractivity contribution is -0.113. The van der Waals surface area contributed by atoms with Crippen LogP contribution in [-0.2, 0) is 24.2 Å². The molecule has 0 fully saturated rings. The number of rotatable bonds is 7. The van der Waals surface area contributed by atoms with Crippen molar-refractivity contribution in [1.82, 2.24) is 9.55 Å². The van der Waals surface area contributed by atoms with Crippen molar-refractivity contribution < 1.29 is 13.6 Å². The van der Waals surface area contributed by atoms with Gasteiger partial charge in [0, 0.05) is 17.5 Å². The molecule has 3 aromatic rings. The van der Waals surface area contributed by atoms with Crippen LogP contribution < -0.4 is 10.9 Å². The molecule has 9 heteroatoms. The van der Waals surface area contributed by atoms with Crippen LogP contribution in [0.15, 0.2) is 28.2 Å². The number of carbonyl (C=O) groups is 1. The molecule has 1 aliphatic carbocycles. The minimum atomic E-state index is -0.832. The molecule has 2 aromatic heterocycles. The highest BCUT2D eigenvalue weighted by molar-refractivity contribution is 7.99. The van der Waals surface area contributed by atoms with Crippen LogP contribution in [-0.4, -0.2) is 21.2 Å². The number of nitrogens with zero attached hydrogens (tertiary/aromatic N) is 2. The number of nitrogens with one attached hydrogen (secondary N) is 1. The highest BCUT2D eigenvalue weighted by Gasteiger charge is 2.22. The second-order valence-electron chi connectivity index (χ2n) is 8.39. The lowest BCUT2D eigenvalue weighted by Gasteiger charge is -2.14.